The summed E-state index contributed by atoms with van der Waals surface area (Å²) in [6, 6.07) is 6.37. The number of H-pyrrole nitrogens is 1. The number of anilines is 1. The standard InChI is InChI=1S/C12H10N6O2/c13-11-10-12(15-6-14-10)17(7-16-11)5-8-1-3-9(4-2-8)18(19)20/h1-4,6-7H,5H2,(H2,13,14,15)/p+1. The van der Waals surface area contributed by atoms with Crippen molar-refractivity contribution in [1.82, 2.24) is 15.0 Å². The van der Waals surface area contributed by atoms with Crippen molar-refractivity contribution in [3.05, 3.63) is 52.6 Å². The summed E-state index contributed by atoms with van der Waals surface area (Å²) < 4.78 is 1.82. The lowest BCUT2D eigenvalue weighted by Gasteiger charge is -2.02. The maximum absolute atomic E-state index is 10.6. The fourth-order valence-electron chi connectivity index (χ4n) is 1.98. The molecule has 8 heteroatoms. The van der Waals surface area contributed by atoms with Gasteiger partial charge in [0.2, 0.25) is 12.1 Å². The van der Waals surface area contributed by atoms with E-state index in [1.165, 1.54) is 12.1 Å². The summed E-state index contributed by atoms with van der Waals surface area (Å²) in [5.74, 6) is 0.387. The van der Waals surface area contributed by atoms with Crippen LogP contribution in [0.3, 0.4) is 0 Å². The van der Waals surface area contributed by atoms with Crippen molar-refractivity contribution in [1.29, 1.82) is 0 Å². The highest BCUT2D eigenvalue weighted by Gasteiger charge is 2.14. The van der Waals surface area contributed by atoms with Crippen LogP contribution in [0.5, 0.6) is 0 Å². The molecular formula is C12H11N6O2+. The summed E-state index contributed by atoms with van der Waals surface area (Å²) in [6.07, 6.45) is 3.15. The molecule has 3 aromatic rings. The van der Waals surface area contributed by atoms with Crippen LogP contribution in [-0.4, -0.2) is 19.9 Å². The molecule has 0 saturated heterocycles. The number of imidazole rings is 1. The van der Waals surface area contributed by atoms with E-state index in [2.05, 4.69) is 15.0 Å². The minimum absolute atomic E-state index is 0.0686. The fourth-order valence-corrected chi connectivity index (χ4v) is 1.98. The van der Waals surface area contributed by atoms with Gasteiger partial charge in [-0.25, -0.2) is 4.57 Å². The molecular weight excluding hydrogens is 260 g/mol. The van der Waals surface area contributed by atoms with Crippen LogP contribution in [0.1, 0.15) is 5.56 Å². The van der Waals surface area contributed by atoms with Crippen molar-refractivity contribution in [2.45, 2.75) is 6.54 Å². The second-order valence-electron chi connectivity index (χ2n) is 4.28. The maximum Gasteiger partial charge on any atom is 0.293 e. The molecule has 3 N–H and O–H groups in total. The van der Waals surface area contributed by atoms with E-state index in [9.17, 15) is 10.1 Å². The van der Waals surface area contributed by atoms with Gasteiger partial charge in [0.15, 0.2) is 11.8 Å². The molecule has 8 nitrogen and oxygen atoms in total. The van der Waals surface area contributed by atoms with Crippen LogP contribution in [0.15, 0.2) is 36.9 Å². The molecule has 100 valence electrons. The van der Waals surface area contributed by atoms with E-state index in [0.29, 0.717) is 23.5 Å². The van der Waals surface area contributed by atoms with Crippen molar-refractivity contribution < 1.29 is 9.49 Å². The number of fused-ring (bicyclic) bond motifs is 1. The molecule has 0 atom stereocenters. The first-order valence-corrected chi connectivity index (χ1v) is 5.85. The zero-order chi connectivity index (χ0) is 14.1. The van der Waals surface area contributed by atoms with Gasteiger partial charge < -0.3 is 10.7 Å². The minimum atomic E-state index is -0.423. The van der Waals surface area contributed by atoms with Crippen LogP contribution in [-0.2, 0) is 6.54 Å². The predicted molar refractivity (Wildman–Crippen MR) is 70.7 cm³/mol. The van der Waals surface area contributed by atoms with Crippen LogP contribution in [0, 0.1) is 10.1 Å². The number of benzene rings is 1. The quantitative estimate of drug-likeness (QED) is 0.415. The Balaban J connectivity index is 1.95. The molecule has 0 unspecified atom stereocenters. The number of rotatable bonds is 3. The molecule has 1 aromatic carbocycles. The second-order valence-corrected chi connectivity index (χ2v) is 4.28. The molecule has 0 aliphatic heterocycles. The normalized spacial score (nSPS) is 10.8. The van der Waals surface area contributed by atoms with E-state index in [-0.39, 0.29) is 5.69 Å². The number of aromatic amines is 1. The second kappa shape index (κ2) is 4.57. The summed E-state index contributed by atoms with van der Waals surface area (Å²) >= 11 is 0. The number of nitro groups is 1. The van der Waals surface area contributed by atoms with Crippen molar-refractivity contribution in [3.8, 4) is 0 Å². The Labute approximate surface area is 113 Å². The highest BCUT2D eigenvalue weighted by molar-refractivity contribution is 5.78. The number of nitrogens with two attached hydrogens (primary N) is 1. The lowest BCUT2D eigenvalue weighted by Crippen LogP contribution is -2.36. The third kappa shape index (κ3) is 2.03. The summed E-state index contributed by atoms with van der Waals surface area (Å²) in [7, 11) is 0. The molecule has 0 fully saturated rings. The number of nitrogens with zero attached hydrogens (tertiary/aromatic N) is 4. The van der Waals surface area contributed by atoms with Gasteiger partial charge in [-0.15, -0.1) is 0 Å². The maximum atomic E-state index is 10.6. The Hall–Kier alpha value is -3.03. The summed E-state index contributed by atoms with van der Waals surface area (Å²) in [5.41, 5.74) is 8.09. The van der Waals surface area contributed by atoms with E-state index in [1.807, 2.05) is 4.57 Å². The average molecular weight is 271 g/mol. The third-order valence-corrected chi connectivity index (χ3v) is 2.98. The Morgan fingerprint density at radius 1 is 1.30 bits per heavy atom. The van der Waals surface area contributed by atoms with Crippen molar-refractivity contribution in [2.24, 2.45) is 0 Å². The molecule has 20 heavy (non-hydrogen) atoms. The fraction of sp³-hybridized carbons (Fsp3) is 0.0833. The molecule has 0 bridgehead atoms. The predicted octanol–water partition coefficient (Wildman–Crippen LogP) is 0.784. The van der Waals surface area contributed by atoms with E-state index in [4.69, 9.17) is 5.73 Å². The SMILES string of the molecule is Nc1nc[n+](Cc2ccc([N+](=O)[O-])cc2)c2nc[nH]c12. The largest absolute Gasteiger partial charge is 0.368 e. The first-order valence-electron chi connectivity index (χ1n) is 5.85. The first kappa shape index (κ1) is 12.0. The minimum Gasteiger partial charge on any atom is -0.368 e. The Bertz CT molecular complexity index is 780. The molecule has 0 aliphatic rings. The number of hydrogen-bond donors (Lipinski definition) is 2. The number of nitro benzene ring substituents is 1. The van der Waals surface area contributed by atoms with Crippen LogP contribution >= 0.6 is 0 Å². The zero-order valence-corrected chi connectivity index (χ0v) is 10.4. The van der Waals surface area contributed by atoms with Crippen molar-refractivity contribution in [2.75, 3.05) is 5.73 Å². The summed E-state index contributed by atoms with van der Waals surface area (Å²) in [5, 5.41) is 10.6. The Morgan fingerprint density at radius 3 is 2.75 bits per heavy atom. The smallest absolute Gasteiger partial charge is 0.293 e. The van der Waals surface area contributed by atoms with Crippen molar-refractivity contribution >= 4 is 22.7 Å². The molecule has 3 rings (SSSR count). The lowest BCUT2D eigenvalue weighted by atomic mass is 10.2. The van der Waals surface area contributed by atoms with Gasteiger partial charge in [-0.1, -0.05) is 9.97 Å². The van der Waals surface area contributed by atoms with Crippen LogP contribution < -0.4 is 10.3 Å². The van der Waals surface area contributed by atoms with Crippen LogP contribution in [0.2, 0.25) is 0 Å². The van der Waals surface area contributed by atoms with Gasteiger partial charge in [0.05, 0.1) is 11.5 Å². The van der Waals surface area contributed by atoms with E-state index in [1.54, 1.807) is 24.8 Å². The average Bonchev–Trinajstić information content (AvgIpc) is 2.93. The van der Waals surface area contributed by atoms with Gasteiger partial charge in [0.25, 0.3) is 11.3 Å². The van der Waals surface area contributed by atoms with Gasteiger partial charge in [0.1, 0.15) is 0 Å². The van der Waals surface area contributed by atoms with Crippen LogP contribution in [0.25, 0.3) is 11.2 Å². The van der Waals surface area contributed by atoms with Gasteiger partial charge in [-0.2, -0.15) is 0 Å². The molecule has 2 heterocycles. The Kier molecular flexibility index (Phi) is 2.75. The number of nitrogen functional groups attached to an aromatic ring is 1. The summed E-state index contributed by atoms with van der Waals surface area (Å²) in [6.45, 7) is 0.507. The number of aromatic nitrogens is 4. The number of nitrogens with one attached hydrogen (secondary N) is 1. The van der Waals surface area contributed by atoms with E-state index in [0.717, 1.165) is 5.56 Å². The van der Waals surface area contributed by atoms with Gasteiger partial charge in [-0.05, 0) is 17.7 Å². The third-order valence-electron chi connectivity index (χ3n) is 2.98. The monoisotopic (exact) mass is 271 g/mol. The van der Waals surface area contributed by atoms with Crippen LogP contribution in [0.4, 0.5) is 11.5 Å². The molecule has 0 saturated carbocycles. The molecule has 2 aromatic heterocycles. The van der Waals surface area contributed by atoms with Crippen molar-refractivity contribution in [3.63, 3.8) is 0 Å². The van der Waals surface area contributed by atoms with Gasteiger partial charge in [-0.3, -0.25) is 10.1 Å². The van der Waals surface area contributed by atoms with Gasteiger partial charge >= 0.3 is 0 Å². The topological polar surface area (TPSA) is 115 Å². The first-order chi connectivity index (χ1) is 9.65. The molecule has 0 aliphatic carbocycles. The molecule has 0 spiro atoms. The lowest BCUT2D eigenvalue weighted by molar-refractivity contribution is -0.667. The van der Waals surface area contributed by atoms with E-state index >= 15 is 0 Å². The van der Waals surface area contributed by atoms with Gasteiger partial charge in [0, 0.05) is 12.1 Å². The Morgan fingerprint density at radius 2 is 2.05 bits per heavy atom. The number of non-ortho nitro benzene ring substituents is 1. The zero-order valence-electron chi connectivity index (χ0n) is 10.4. The molecule has 0 radical (unpaired) electrons. The molecule has 0 amide bonds. The highest BCUT2D eigenvalue weighted by atomic mass is 16.6. The number of hydrogen-bond acceptors (Lipinski definition) is 5. The highest BCUT2D eigenvalue weighted by Crippen LogP contribution is 2.13. The summed E-state index contributed by atoms with van der Waals surface area (Å²) in [4.78, 5) is 21.4. The van der Waals surface area contributed by atoms with E-state index < -0.39 is 4.92 Å².